The van der Waals surface area contributed by atoms with Gasteiger partial charge in [-0.25, -0.2) is 8.78 Å². The second-order valence-electron chi connectivity index (χ2n) is 7.95. The van der Waals surface area contributed by atoms with Gasteiger partial charge in [-0.3, -0.25) is 9.59 Å². The van der Waals surface area contributed by atoms with E-state index in [0.29, 0.717) is 24.9 Å². The van der Waals surface area contributed by atoms with Gasteiger partial charge < -0.3 is 10.6 Å². The molecule has 2 bridgehead atoms. The minimum Gasteiger partial charge on any atom is -0.346 e. The zero-order valence-corrected chi connectivity index (χ0v) is 15.9. The minimum atomic E-state index is -0.727. The third kappa shape index (κ3) is 3.05. The molecule has 0 heterocycles. The smallest absolute Gasteiger partial charge is 0.254 e. The van der Waals surface area contributed by atoms with Crippen LogP contribution in [0, 0.1) is 23.0 Å². The Morgan fingerprint density at radius 3 is 2.36 bits per heavy atom. The zero-order chi connectivity index (χ0) is 20.1. The molecule has 0 radical (unpaired) electrons. The first-order valence-electron chi connectivity index (χ1n) is 9.07. The molecule has 3 aliphatic rings. The Labute approximate surface area is 166 Å². The molecule has 2 aromatic carbocycles. The number of benzene rings is 2. The molecule has 3 saturated carbocycles. The van der Waals surface area contributed by atoms with Gasteiger partial charge in [-0.05, 0) is 61.1 Å². The van der Waals surface area contributed by atoms with E-state index in [4.69, 9.17) is 11.6 Å². The second kappa shape index (κ2) is 6.55. The van der Waals surface area contributed by atoms with Gasteiger partial charge in [-0.15, -0.1) is 0 Å². The Morgan fingerprint density at radius 2 is 1.71 bits per heavy atom. The van der Waals surface area contributed by atoms with E-state index in [-0.39, 0.29) is 39.2 Å². The fraction of sp³-hybridized carbons (Fsp3) is 0.333. The molecular formula is C21H19ClF2N2O2. The summed E-state index contributed by atoms with van der Waals surface area (Å²) in [5.41, 5.74) is -0.0711. The van der Waals surface area contributed by atoms with Gasteiger partial charge >= 0.3 is 0 Å². The van der Waals surface area contributed by atoms with Crippen molar-refractivity contribution in [3.05, 3.63) is 64.7 Å². The molecule has 0 aliphatic heterocycles. The highest BCUT2D eigenvalue weighted by Gasteiger charge is 2.71. The molecule has 3 aliphatic carbocycles. The van der Waals surface area contributed by atoms with Crippen LogP contribution in [-0.4, -0.2) is 17.4 Å². The molecule has 146 valence electrons. The van der Waals surface area contributed by atoms with E-state index in [1.54, 1.807) is 0 Å². The first-order chi connectivity index (χ1) is 13.2. The van der Waals surface area contributed by atoms with Crippen molar-refractivity contribution >= 4 is 29.1 Å². The third-order valence-electron chi connectivity index (χ3n) is 6.07. The molecule has 7 heteroatoms. The fourth-order valence-electron chi connectivity index (χ4n) is 4.51. The largest absolute Gasteiger partial charge is 0.346 e. The van der Waals surface area contributed by atoms with Crippen LogP contribution in [0.2, 0.25) is 5.02 Å². The summed E-state index contributed by atoms with van der Waals surface area (Å²) in [4.78, 5) is 24.9. The highest BCUT2D eigenvalue weighted by atomic mass is 35.5. The van der Waals surface area contributed by atoms with Gasteiger partial charge in [0.25, 0.3) is 5.91 Å². The van der Waals surface area contributed by atoms with Crippen LogP contribution in [0.25, 0.3) is 0 Å². The number of hydrogen-bond donors (Lipinski definition) is 2. The predicted octanol–water partition coefficient (Wildman–Crippen LogP) is 4.55. The lowest BCUT2D eigenvalue weighted by Gasteiger charge is -2.72. The number of carbonyl (C=O) groups is 2. The average Bonchev–Trinajstić information content (AvgIpc) is 2.60. The van der Waals surface area contributed by atoms with Crippen molar-refractivity contribution in [1.29, 1.82) is 0 Å². The monoisotopic (exact) mass is 404 g/mol. The number of anilines is 1. The van der Waals surface area contributed by atoms with E-state index in [1.807, 2.05) is 6.92 Å². The standard InChI is InChI=1S/C21H19ClF2N2O2/c1-12(18(27)25-14-7-5-13(23)6-8-14)20-9-21(10-20,11-20)26-19(28)15-3-2-4-16(22)17(15)24/h2-8,12H,9-11H2,1H3,(H,25,27)(H,26,28)/t12-,20?,21?/m0/s1. The lowest BCUT2D eigenvalue weighted by molar-refractivity contribution is -0.184. The molecule has 3 fully saturated rings. The van der Waals surface area contributed by atoms with Gasteiger partial charge in [-0.1, -0.05) is 24.6 Å². The SMILES string of the molecule is C[C@@H](C(=O)Nc1ccc(F)cc1)C12CC(NC(=O)c3cccc(Cl)c3F)(C1)C2. The summed E-state index contributed by atoms with van der Waals surface area (Å²) in [5, 5.41) is 5.62. The summed E-state index contributed by atoms with van der Waals surface area (Å²) >= 11 is 5.74. The second-order valence-corrected chi connectivity index (χ2v) is 8.35. The van der Waals surface area contributed by atoms with Gasteiger partial charge in [0.05, 0.1) is 10.6 Å². The molecule has 2 N–H and O–H groups in total. The molecule has 0 unspecified atom stereocenters. The molecule has 4 nitrogen and oxygen atoms in total. The van der Waals surface area contributed by atoms with E-state index in [2.05, 4.69) is 10.6 Å². The molecule has 1 atom stereocenters. The number of halogens is 3. The minimum absolute atomic E-state index is 0.0756. The number of hydrogen-bond acceptors (Lipinski definition) is 2. The van der Waals surface area contributed by atoms with Crippen LogP contribution in [0.5, 0.6) is 0 Å². The van der Waals surface area contributed by atoms with Crippen molar-refractivity contribution < 1.29 is 18.4 Å². The normalized spacial score (nSPS) is 25.9. The summed E-state index contributed by atoms with van der Waals surface area (Å²) in [6.45, 7) is 1.86. The summed E-state index contributed by atoms with van der Waals surface area (Å²) in [6.07, 6.45) is 2.02. The Morgan fingerprint density at radius 1 is 1.07 bits per heavy atom. The first kappa shape index (κ1) is 18.9. The van der Waals surface area contributed by atoms with Crippen LogP contribution < -0.4 is 10.6 Å². The number of amides is 2. The van der Waals surface area contributed by atoms with E-state index in [1.165, 1.54) is 42.5 Å². The lowest BCUT2D eigenvalue weighted by Crippen LogP contribution is -2.77. The molecule has 0 aromatic heterocycles. The van der Waals surface area contributed by atoms with Crippen LogP contribution >= 0.6 is 11.6 Å². The summed E-state index contributed by atoms with van der Waals surface area (Å²) in [7, 11) is 0. The number of rotatable bonds is 5. The maximum absolute atomic E-state index is 14.0. The van der Waals surface area contributed by atoms with Crippen LogP contribution in [0.15, 0.2) is 42.5 Å². The van der Waals surface area contributed by atoms with Gasteiger partial charge in [0.15, 0.2) is 5.82 Å². The van der Waals surface area contributed by atoms with Crippen LogP contribution in [0.3, 0.4) is 0 Å². The van der Waals surface area contributed by atoms with E-state index >= 15 is 0 Å². The quantitative estimate of drug-likeness (QED) is 0.768. The van der Waals surface area contributed by atoms with Crippen molar-refractivity contribution in [1.82, 2.24) is 5.32 Å². The van der Waals surface area contributed by atoms with Crippen LogP contribution in [-0.2, 0) is 4.79 Å². The number of nitrogens with one attached hydrogen (secondary N) is 2. The van der Waals surface area contributed by atoms with Crippen LogP contribution in [0.1, 0.15) is 36.5 Å². The molecular weight excluding hydrogens is 386 g/mol. The molecule has 0 saturated heterocycles. The maximum Gasteiger partial charge on any atom is 0.254 e. The zero-order valence-electron chi connectivity index (χ0n) is 15.2. The lowest BCUT2D eigenvalue weighted by atomic mass is 9.36. The Kier molecular flexibility index (Phi) is 4.42. The average molecular weight is 405 g/mol. The first-order valence-corrected chi connectivity index (χ1v) is 9.44. The van der Waals surface area contributed by atoms with E-state index in [9.17, 15) is 18.4 Å². The van der Waals surface area contributed by atoms with Gasteiger partial charge in [0.2, 0.25) is 5.91 Å². The van der Waals surface area contributed by atoms with Gasteiger partial charge in [-0.2, -0.15) is 0 Å². The van der Waals surface area contributed by atoms with E-state index < -0.39 is 11.7 Å². The highest BCUT2D eigenvalue weighted by molar-refractivity contribution is 6.31. The summed E-state index contributed by atoms with van der Waals surface area (Å²) in [6, 6.07) is 9.95. The van der Waals surface area contributed by atoms with Crippen molar-refractivity contribution in [3.63, 3.8) is 0 Å². The fourth-order valence-corrected chi connectivity index (χ4v) is 4.68. The van der Waals surface area contributed by atoms with Crippen molar-refractivity contribution in [2.45, 2.75) is 31.7 Å². The molecule has 0 spiro atoms. The molecule has 5 rings (SSSR count). The number of carbonyl (C=O) groups excluding carboxylic acids is 2. The summed E-state index contributed by atoms with van der Waals surface area (Å²) < 4.78 is 27.0. The molecule has 2 aromatic rings. The van der Waals surface area contributed by atoms with Crippen molar-refractivity contribution in [3.8, 4) is 0 Å². The topological polar surface area (TPSA) is 58.2 Å². The third-order valence-corrected chi connectivity index (χ3v) is 6.36. The molecule has 28 heavy (non-hydrogen) atoms. The highest BCUT2D eigenvalue weighted by Crippen LogP contribution is 2.70. The Hall–Kier alpha value is -2.47. The van der Waals surface area contributed by atoms with Gasteiger partial charge in [0.1, 0.15) is 5.82 Å². The summed E-state index contributed by atoms with van der Waals surface area (Å²) in [5.74, 6) is -1.96. The van der Waals surface area contributed by atoms with Crippen molar-refractivity contribution in [2.24, 2.45) is 11.3 Å². The maximum atomic E-state index is 14.0. The van der Waals surface area contributed by atoms with Crippen LogP contribution in [0.4, 0.5) is 14.5 Å². The molecule has 2 amide bonds. The van der Waals surface area contributed by atoms with Gasteiger partial charge in [0, 0.05) is 17.1 Å². The Balaban J connectivity index is 1.35. The Bertz CT molecular complexity index is 942. The predicted molar refractivity (Wildman–Crippen MR) is 102 cm³/mol. The van der Waals surface area contributed by atoms with E-state index in [0.717, 1.165) is 0 Å². The van der Waals surface area contributed by atoms with Crippen molar-refractivity contribution in [2.75, 3.05) is 5.32 Å².